The molecule has 0 fully saturated rings. The molecule has 0 aliphatic carbocycles. The maximum absolute atomic E-state index is 11.6. The van der Waals surface area contributed by atoms with Crippen molar-refractivity contribution in [3.63, 3.8) is 0 Å². The molecule has 0 bridgehead atoms. The second-order valence-electron chi connectivity index (χ2n) is 6.89. The van der Waals surface area contributed by atoms with Gasteiger partial charge >= 0.3 is 0 Å². The Balaban J connectivity index is 1.58. The van der Waals surface area contributed by atoms with E-state index in [1.165, 1.54) is 11.6 Å². The summed E-state index contributed by atoms with van der Waals surface area (Å²) >= 11 is 0. The quantitative estimate of drug-likeness (QED) is 0.742. The fraction of sp³-hybridized carbons (Fsp3) is 0.263. The van der Waals surface area contributed by atoms with E-state index in [0.717, 1.165) is 23.2 Å². The number of primary sulfonamides is 1. The molecule has 3 aromatic rings. The Morgan fingerprint density at radius 2 is 1.96 bits per heavy atom. The molecule has 0 spiro atoms. The number of sulfonamides is 1. The van der Waals surface area contributed by atoms with Crippen molar-refractivity contribution in [2.45, 2.75) is 37.8 Å². The number of hydrogen-bond acceptors (Lipinski definition) is 6. The lowest BCUT2D eigenvalue weighted by molar-refractivity contribution is 0.374. The zero-order chi connectivity index (χ0) is 19.2. The SMILES string of the molecule is Cc1ccc(-c2noc(CN3c4ccc(S(N)(=O)=O)cc4C[C@H]3C)n2)cc1. The van der Waals surface area contributed by atoms with Crippen LogP contribution in [0.4, 0.5) is 5.69 Å². The highest BCUT2D eigenvalue weighted by atomic mass is 32.2. The van der Waals surface area contributed by atoms with Crippen LogP contribution in [0.25, 0.3) is 11.4 Å². The summed E-state index contributed by atoms with van der Waals surface area (Å²) in [7, 11) is -3.71. The van der Waals surface area contributed by atoms with E-state index in [2.05, 4.69) is 22.0 Å². The Hall–Kier alpha value is -2.71. The van der Waals surface area contributed by atoms with Crippen LogP contribution in [-0.4, -0.2) is 24.6 Å². The van der Waals surface area contributed by atoms with Crippen molar-refractivity contribution in [3.05, 3.63) is 59.5 Å². The van der Waals surface area contributed by atoms with E-state index in [0.29, 0.717) is 18.3 Å². The number of nitrogens with two attached hydrogens (primary N) is 1. The molecule has 0 saturated heterocycles. The van der Waals surface area contributed by atoms with Crippen LogP contribution in [0, 0.1) is 6.92 Å². The van der Waals surface area contributed by atoms with E-state index in [9.17, 15) is 8.42 Å². The normalized spacial score (nSPS) is 16.6. The predicted octanol–water partition coefficient (Wildman–Crippen LogP) is 2.64. The van der Waals surface area contributed by atoms with Gasteiger partial charge in [-0.05, 0) is 44.0 Å². The van der Waals surface area contributed by atoms with Crippen LogP contribution in [0.2, 0.25) is 0 Å². The Morgan fingerprint density at radius 1 is 1.22 bits per heavy atom. The van der Waals surface area contributed by atoms with Gasteiger partial charge in [0.05, 0.1) is 11.4 Å². The van der Waals surface area contributed by atoms with E-state index in [1.54, 1.807) is 12.1 Å². The van der Waals surface area contributed by atoms with Gasteiger partial charge in [-0.2, -0.15) is 4.98 Å². The number of aryl methyl sites for hydroxylation is 1. The first-order valence-corrected chi connectivity index (χ1v) is 10.2. The second kappa shape index (κ2) is 6.47. The van der Waals surface area contributed by atoms with Gasteiger partial charge in [0.15, 0.2) is 0 Å². The number of hydrogen-bond donors (Lipinski definition) is 1. The van der Waals surface area contributed by atoms with Crippen molar-refractivity contribution in [3.8, 4) is 11.4 Å². The van der Waals surface area contributed by atoms with Gasteiger partial charge < -0.3 is 9.42 Å². The third-order valence-corrected chi connectivity index (χ3v) is 5.73. The zero-order valence-corrected chi connectivity index (χ0v) is 15.9. The maximum atomic E-state index is 11.6. The molecule has 1 atom stereocenters. The standard InChI is InChI=1S/C19H20N4O3S/c1-12-3-5-14(6-4-12)19-21-18(26-22-19)11-23-13(2)9-15-10-16(27(20,24)25)7-8-17(15)23/h3-8,10,13H,9,11H2,1-2H3,(H2,20,24,25)/t13-/m1/s1. The molecule has 27 heavy (non-hydrogen) atoms. The van der Waals surface area contributed by atoms with Crippen LogP contribution in [-0.2, 0) is 23.0 Å². The molecule has 7 nitrogen and oxygen atoms in total. The third kappa shape index (κ3) is 3.45. The Morgan fingerprint density at radius 3 is 2.67 bits per heavy atom. The topological polar surface area (TPSA) is 102 Å². The summed E-state index contributed by atoms with van der Waals surface area (Å²) in [5, 5.41) is 9.31. The minimum atomic E-state index is -3.71. The largest absolute Gasteiger partial charge is 0.359 e. The van der Waals surface area contributed by atoms with Crippen LogP contribution < -0.4 is 10.0 Å². The lowest BCUT2D eigenvalue weighted by atomic mass is 10.1. The van der Waals surface area contributed by atoms with E-state index >= 15 is 0 Å². The van der Waals surface area contributed by atoms with Gasteiger partial charge in [-0.25, -0.2) is 13.6 Å². The number of benzene rings is 2. The van der Waals surface area contributed by atoms with E-state index in [4.69, 9.17) is 9.66 Å². The molecular weight excluding hydrogens is 364 g/mol. The number of nitrogens with zero attached hydrogens (tertiary/aromatic N) is 3. The highest BCUT2D eigenvalue weighted by Crippen LogP contribution is 2.34. The molecule has 1 aromatic heterocycles. The van der Waals surface area contributed by atoms with Gasteiger partial charge in [0.1, 0.15) is 0 Å². The Labute approximate surface area is 157 Å². The molecule has 140 valence electrons. The summed E-state index contributed by atoms with van der Waals surface area (Å²) < 4.78 is 28.6. The number of aromatic nitrogens is 2. The Bertz CT molecular complexity index is 1090. The van der Waals surface area contributed by atoms with E-state index < -0.39 is 10.0 Å². The average molecular weight is 384 g/mol. The first-order chi connectivity index (χ1) is 12.8. The molecule has 0 saturated carbocycles. The van der Waals surface area contributed by atoms with Gasteiger partial charge in [-0.3, -0.25) is 0 Å². The average Bonchev–Trinajstić information content (AvgIpc) is 3.20. The summed E-state index contributed by atoms with van der Waals surface area (Å²) in [5.74, 6) is 1.07. The number of fused-ring (bicyclic) bond motifs is 1. The maximum Gasteiger partial charge on any atom is 0.246 e. The minimum absolute atomic E-state index is 0.134. The fourth-order valence-corrected chi connectivity index (χ4v) is 3.94. The van der Waals surface area contributed by atoms with Crippen LogP contribution in [0.15, 0.2) is 51.9 Å². The number of anilines is 1. The lowest BCUT2D eigenvalue weighted by Gasteiger charge is -2.22. The summed E-state index contributed by atoms with van der Waals surface area (Å²) in [6.45, 7) is 4.56. The van der Waals surface area contributed by atoms with Crippen LogP contribution in [0.3, 0.4) is 0 Å². The molecule has 0 unspecified atom stereocenters. The molecule has 2 N–H and O–H groups in total. The minimum Gasteiger partial charge on any atom is -0.359 e. The molecule has 2 heterocycles. The van der Waals surface area contributed by atoms with Crippen molar-refractivity contribution in [1.29, 1.82) is 0 Å². The van der Waals surface area contributed by atoms with Crippen molar-refractivity contribution in [2.24, 2.45) is 5.14 Å². The molecule has 8 heteroatoms. The zero-order valence-electron chi connectivity index (χ0n) is 15.1. The van der Waals surface area contributed by atoms with Gasteiger partial charge in [0.2, 0.25) is 21.7 Å². The Kier molecular flexibility index (Phi) is 4.24. The second-order valence-corrected chi connectivity index (χ2v) is 8.46. The van der Waals surface area contributed by atoms with Gasteiger partial charge in [-0.15, -0.1) is 0 Å². The van der Waals surface area contributed by atoms with Gasteiger partial charge in [0.25, 0.3) is 0 Å². The summed E-state index contributed by atoms with van der Waals surface area (Å²) in [6.07, 6.45) is 0.734. The van der Waals surface area contributed by atoms with Crippen LogP contribution in [0.5, 0.6) is 0 Å². The predicted molar refractivity (Wildman–Crippen MR) is 102 cm³/mol. The fourth-order valence-electron chi connectivity index (χ4n) is 3.37. The first kappa shape index (κ1) is 17.7. The molecule has 1 aliphatic heterocycles. The van der Waals surface area contributed by atoms with Crippen LogP contribution in [0.1, 0.15) is 23.9 Å². The van der Waals surface area contributed by atoms with Crippen molar-refractivity contribution < 1.29 is 12.9 Å². The van der Waals surface area contributed by atoms with Crippen molar-refractivity contribution in [1.82, 2.24) is 10.1 Å². The number of rotatable bonds is 4. The molecule has 4 rings (SSSR count). The van der Waals surface area contributed by atoms with E-state index in [1.807, 2.05) is 31.2 Å². The molecule has 1 aliphatic rings. The van der Waals surface area contributed by atoms with Gasteiger partial charge in [0, 0.05) is 17.3 Å². The monoisotopic (exact) mass is 384 g/mol. The van der Waals surface area contributed by atoms with Crippen molar-refractivity contribution >= 4 is 15.7 Å². The summed E-state index contributed by atoms with van der Waals surface area (Å²) in [4.78, 5) is 6.77. The molecule has 2 aromatic carbocycles. The highest BCUT2D eigenvalue weighted by Gasteiger charge is 2.28. The molecule has 0 radical (unpaired) electrons. The van der Waals surface area contributed by atoms with E-state index in [-0.39, 0.29) is 10.9 Å². The summed E-state index contributed by atoms with van der Waals surface area (Å²) in [6, 6.07) is 13.1. The lowest BCUT2D eigenvalue weighted by Crippen LogP contribution is -2.28. The van der Waals surface area contributed by atoms with Crippen molar-refractivity contribution in [2.75, 3.05) is 4.90 Å². The molecular formula is C19H20N4O3S. The van der Waals surface area contributed by atoms with Gasteiger partial charge in [-0.1, -0.05) is 35.0 Å². The highest BCUT2D eigenvalue weighted by molar-refractivity contribution is 7.89. The summed E-state index contributed by atoms with van der Waals surface area (Å²) in [5.41, 5.74) is 3.99. The smallest absolute Gasteiger partial charge is 0.246 e. The molecule has 0 amide bonds. The third-order valence-electron chi connectivity index (χ3n) is 4.82. The van der Waals surface area contributed by atoms with Crippen LogP contribution >= 0.6 is 0 Å². The first-order valence-electron chi connectivity index (χ1n) is 8.63.